The summed E-state index contributed by atoms with van der Waals surface area (Å²) in [7, 11) is 3.20. The summed E-state index contributed by atoms with van der Waals surface area (Å²) in [6.45, 7) is 0. The van der Waals surface area contributed by atoms with Gasteiger partial charge in [0.25, 0.3) is 5.91 Å². The molecule has 1 aliphatic heterocycles. The molecule has 2 aromatic rings. The number of ether oxygens (including phenoxy) is 2. The largest absolute Gasteiger partial charge is 0.493 e. The average Bonchev–Trinajstić information content (AvgIpc) is 3.12. The highest BCUT2D eigenvalue weighted by molar-refractivity contribution is 9.10. The van der Waals surface area contributed by atoms with Crippen molar-refractivity contribution in [3.63, 3.8) is 0 Å². The van der Waals surface area contributed by atoms with Crippen molar-refractivity contribution in [3.05, 3.63) is 58.1 Å². The number of carbonyl (C=O) groups excluding carboxylic acids is 1. The van der Waals surface area contributed by atoms with Gasteiger partial charge in [0.2, 0.25) is 0 Å². The Labute approximate surface area is 166 Å². The van der Waals surface area contributed by atoms with E-state index in [1.54, 1.807) is 19.2 Å². The molecule has 1 fully saturated rings. The van der Waals surface area contributed by atoms with Crippen molar-refractivity contribution < 1.29 is 14.3 Å². The number of amides is 1. The number of hydrogen-bond donors (Lipinski definition) is 1. The van der Waals surface area contributed by atoms with Crippen LogP contribution >= 0.6 is 27.5 Å². The van der Waals surface area contributed by atoms with Crippen LogP contribution in [0.2, 0.25) is 0 Å². The van der Waals surface area contributed by atoms with Crippen LogP contribution in [0, 0.1) is 0 Å². The predicted molar refractivity (Wildman–Crippen MR) is 104 cm³/mol. The van der Waals surface area contributed by atoms with Crippen LogP contribution in [0.3, 0.4) is 0 Å². The van der Waals surface area contributed by atoms with Gasteiger partial charge in [-0.2, -0.15) is 0 Å². The fraction of sp³-hybridized carbons (Fsp3) is 0.316. The molecule has 7 heteroatoms. The first-order valence-corrected chi connectivity index (χ1v) is 9.52. The molecular formula is C19H20BrClN2O3. The zero-order valence-electron chi connectivity index (χ0n) is 14.5. The van der Waals surface area contributed by atoms with Gasteiger partial charge >= 0.3 is 0 Å². The van der Waals surface area contributed by atoms with Crippen molar-refractivity contribution in [2.24, 2.45) is 0 Å². The van der Waals surface area contributed by atoms with E-state index in [1.165, 1.54) is 0 Å². The molecule has 0 aliphatic carbocycles. The van der Waals surface area contributed by atoms with E-state index in [1.807, 2.05) is 42.5 Å². The van der Waals surface area contributed by atoms with Crippen LogP contribution in [0.25, 0.3) is 0 Å². The SMILES string of the molecule is COc1cccc(C2CC(c3ccc(Br)cc3)NN2C(=O)CCl)c1OC. The minimum absolute atomic E-state index is 0.00354. The number of alkyl halides is 1. The van der Waals surface area contributed by atoms with Gasteiger partial charge in [-0.1, -0.05) is 40.2 Å². The van der Waals surface area contributed by atoms with Gasteiger partial charge < -0.3 is 9.47 Å². The summed E-state index contributed by atoms with van der Waals surface area (Å²) in [5.41, 5.74) is 5.29. The van der Waals surface area contributed by atoms with Crippen LogP contribution in [0.4, 0.5) is 0 Å². The van der Waals surface area contributed by atoms with E-state index < -0.39 is 0 Å². The quantitative estimate of drug-likeness (QED) is 0.709. The van der Waals surface area contributed by atoms with Gasteiger partial charge in [0, 0.05) is 10.0 Å². The van der Waals surface area contributed by atoms with Gasteiger partial charge in [-0.15, -0.1) is 11.6 Å². The highest BCUT2D eigenvalue weighted by Gasteiger charge is 2.38. The maximum Gasteiger partial charge on any atom is 0.252 e. The van der Waals surface area contributed by atoms with E-state index in [4.69, 9.17) is 21.1 Å². The molecule has 0 spiro atoms. The predicted octanol–water partition coefficient (Wildman–Crippen LogP) is 4.22. The number of carbonyl (C=O) groups is 1. The third kappa shape index (κ3) is 3.68. The Bertz CT molecular complexity index is 785. The molecule has 1 heterocycles. The third-order valence-corrected chi connectivity index (χ3v) is 5.27. The molecule has 1 N–H and O–H groups in total. The Balaban J connectivity index is 1.98. The third-order valence-electron chi connectivity index (χ3n) is 4.51. The minimum atomic E-state index is -0.208. The number of nitrogens with one attached hydrogen (secondary N) is 1. The minimum Gasteiger partial charge on any atom is -0.493 e. The van der Waals surface area contributed by atoms with Crippen molar-refractivity contribution >= 4 is 33.4 Å². The smallest absolute Gasteiger partial charge is 0.252 e. The summed E-state index contributed by atoms with van der Waals surface area (Å²) in [4.78, 5) is 12.4. The highest BCUT2D eigenvalue weighted by Crippen LogP contribution is 2.43. The van der Waals surface area contributed by atoms with Gasteiger partial charge in [0.15, 0.2) is 11.5 Å². The normalized spacial score (nSPS) is 19.5. The first kappa shape index (κ1) is 19.0. The molecule has 1 amide bonds. The fourth-order valence-electron chi connectivity index (χ4n) is 3.30. The molecule has 2 aromatic carbocycles. The first-order chi connectivity index (χ1) is 12.6. The summed E-state index contributed by atoms with van der Waals surface area (Å²) in [6.07, 6.45) is 0.702. The van der Waals surface area contributed by atoms with Crippen molar-refractivity contribution in [3.8, 4) is 11.5 Å². The van der Waals surface area contributed by atoms with Crippen LogP contribution in [0.5, 0.6) is 11.5 Å². The van der Waals surface area contributed by atoms with E-state index in [9.17, 15) is 4.79 Å². The van der Waals surface area contributed by atoms with Crippen LogP contribution < -0.4 is 14.9 Å². The summed E-state index contributed by atoms with van der Waals surface area (Å²) >= 11 is 9.29. The number of hydrazine groups is 1. The van der Waals surface area contributed by atoms with Crippen molar-refractivity contribution in [2.45, 2.75) is 18.5 Å². The second kappa shape index (κ2) is 8.29. The van der Waals surface area contributed by atoms with Crippen molar-refractivity contribution in [2.75, 3.05) is 20.1 Å². The second-order valence-corrected chi connectivity index (χ2v) is 7.15. The Morgan fingerprint density at radius 1 is 1.23 bits per heavy atom. The Kier molecular flexibility index (Phi) is 6.06. The zero-order chi connectivity index (χ0) is 18.7. The highest BCUT2D eigenvalue weighted by atomic mass is 79.9. The summed E-state index contributed by atoms with van der Waals surface area (Å²) in [6, 6.07) is 13.5. The number of nitrogens with zero attached hydrogens (tertiary/aromatic N) is 1. The van der Waals surface area contributed by atoms with Gasteiger partial charge in [0.05, 0.1) is 26.3 Å². The summed E-state index contributed by atoms with van der Waals surface area (Å²) < 4.78 is 12.0. The van der Waals surface area contributed by atoms with Crippen molar-refractivity contribution in [1.29, 1.82) is 0 Å². The molecule has 1 saturated heterocycles. The summed E-state index contributed by atoms with van der Waals surface area (Å²) in [5.74, 6) is 0.991. The molecular weight excluding hydrogens is 420 g/mol. The average molecular weight is 440 g/mol. The molecule has 5 nitrogen and oxygen atoms in total. The Morgan fingerprint density at radius 2 is 1.96 bits per heavy atom. The molecule has 26 heavy (non-hydrogen) atoms. The number of hydrogen-bond acceptors (Lipinski definition) is 4. The van der Waals surface area contributed by atoms with Crippen LogP contribution in [0.15, 0.2) is 46.9 Å². The molecule has 0 bridgehead atoms. The molecule has 1 aliphatic rings. The second-order valence-electron chi connectivity index (χ2n) is 5.96. The first-order valence-electron chi connectivity index (χ1n) is 8.19. The van der Waals surface area contributed by atoms with Gasteiger partial charge in [-0.05, 0) is 30.2 Å². The molecule has 2 unspecified atom stereocenters. The van der Waals surface area contributed by atoms with E-state index in [0.29, 0.717) is 17.9 Å². The molecule has 3 rings (SSSR count). The Hall–Kier alpha value is -1.76. The number of rotatable bonds is 5. The van der Waals surface area contributed by atoms with E-state index >= 15 is 0 Å². The monoisotopic (exact) mass is 438 g/mol. The van der Waals surface area contributed by atoms with Crippen LogP contribution in [-0.4, -0.2) is 31.0 Å². The fourth-order valence-corrected chi connectivity index (χ4v) is 3.69. The molecule has 0 saturated carbocycles. The number of para-hydroxylation sites is 1. The van der Waals surface area contributed by atoms with Crippen LogP contribution in [-0.2, 0) is 4.79 Å². The molecule has 0 radical (unpaired) electrons. The van der Waals surface area contributed by atoms with E-state index in [-0.39, 0.29) is 23.9 Å². The number of halogens is 2. The number of methoxy groups -OCH3 is 2. The lowest BCUT2D eigenvalue weighted by Crippen LogP contribution is -2.40. The van der Waals surface area contributed by atoms with E-state index in [2.05, 4.69) is 21.4 Å². The lowest BCUT2D eigenvalue weighted by molar-refractivity contribution is -0.132. The van der Waals surface area contributed by atoms with E-state index in [0.717, 1.165) is 15.6 Å². The van der Waals surface area contributed by atoms with Gasteiger partial charge in [0.1, 0.15) is 5.88 Å². The molecule has 138 valence electrons. The van der Waals surface area contributed by atoms with Gasteiger partial charge in [-0.3, -0.25) is 9.80 Å². The number of benzene rings is 2. The molecule has 2 atom stereocenters. The van der Waals surface area contributed by atoms with Gasteiger partial charge in [-0.25, -0.2) is 5.43 Å². The maximum atomic E-state index is 12.4. The standard InChI is InChI=1S/C19H20BrClN2O3/c1-25-17-5-3-4-14(19(17)26-2)16-10-15(22-23(16)18(24)11-21)12-6-8-13(20)9-7-12/h3-9,15-16,22H,10-11H2,1-2H3. The lowest BCUT2D eigenvalue weighted by atomic mass is 9.96. The lowest BCUT2D eigenvalue weighted by Gasteiger charge is -2.25. The van der Waals surface area contributed by atoms with Crippen molar-refractivity contribution in [1.82, 2.24) is 10.4 Å². The molecule has 0 aromatic heterocycles. The Morgan fingerprint density at radius 3 is 2.58 bits per heavy atom. The maximum absolute atomic E-state index is 12.4. The summed E-state index contributed by atoms with van der Waals surface area (Å²) in [5, 5.41) is 1.61. The van der Waals surface area contributed by atoms with Crippen LogP contribution in [0.1, 0.15) is 29.6 Å². The zero-order valence-corrected chi connectivity index (χ0v) is 16.9. The topological polar surface area (TPSA) is 50.8 Å².